The lowest BCUT2D eigenvalue weighted by Gasteiger charge is -2.12. The molecule has 4 aromatic rings. The highest BCUT2D eigenvalue weighted by atomic mass is 32.1. The number of aromatic nitrogens is 3. The van der Waals surface area contributed by atoms with Gasteiger partial charge in [-0.3, -0.25) is 9.38 Å². The molecule has 0 amide bonds. The molecular formula is C16H14N4S. The zero-order valence-corrected chi connectivity index (χ0v) is 12.1. The highest BCUT2D eigenvalue weighted by Crippen LogP contribution is 2.24. The largest absolute Gasteiger partial charge is 0.324 e. The summed E-state index contributed by atoms with van der Waals surface area (Å²) in [5.74, 6) is 0. The number of benzene rings is 1. The van der Waals surface area contributed by atoms with Crippen molar-refractivity contribution in [2.75, 3.05) is 0 Å². The molecule has 4 rings (SSSR count). The van der Waals surface area contributed by atoms with Crippen LogP contribution in [0.4, 0.5) is 0 Å². The molecule has 0 spiro atoms. The fourth-order valence-corrected chi connectivity index (χ4v) is 3.36. The van der Waals surface area contributed by atoms with Crippen molar-refractivity contribution in [3.05, 3.63) is 65.6 Å². The molecule has 21 heavy (non-hydrogen) atoms. The van der Waals surface area contributed by atoms with E-state index >= 15 is 0 Å². The monoisotopic (exact) mass is 294 g/mol. The van der Waals surface area contributed by atoms with Gasteiger partial charge in [0.15, 0.2) is 4.96 Å². The average molecular weight is 294 g/mol. The number of fused-ring (bicyclic) bond motifs is 2. The van der Waals surface area contributed by atoms with Crippen molar-refractivity contribution in [2.24, 2.45) is 5.73 Å². The Labute approximate surface area is 125 Å². The molecule has 0 aliphatic carbocycles. The maximum atomic E-state index is 6.40. The number of hydrogen-bond donors (Lipinski definition) is 1. The predicted molar refractivity (Wildman–Crippen MR) is 85.4 cm³/mol. The van der Waals surface area contributed by atoms with Crippen LogP contribution in [0.15, 0.2) is 54.3 Å². The molecule has 1 unspecified atom stereocenters. The normalized spacial score (nSPS) is 13.0. The summed E-state index contributed by atoms with van der Waals surface area (Å²) in [4.78, 5) is 10.1. The van der Waals surface area contributed by atoms with Gasteiger partial charge in [-0.15, -0.1) is 11.3 Å². The predicted octanol–water partition coefficient (Wildman–Crippen LogP) is 3.19. The minimum Gasteiger partial charge on any atom is -0.324 e. The third kappa shape index (κ3) is 2.20. The van der Waals surface area contributed by atoms with Crippen LogP contribution in [0.25, 0.3) is 15.9 Å². The van der Waals surface area contributed by atoms with E-state index in [-0.39, 0.29) is 6.04 Å². The summed E-state index contributed by atoms with van der Waals surface area (Å²) in [6.07, 6.45) is 6.58. The van der Waals surface area contributed by atoms with Gasteiger partial charge in [-0.1, -0.05) is 24.3 Å². The third-order valence-corrected chi connectivity index (χ3v) is 4.41. The first kappa shape index (κ1) is 12.5. The Kier molecular flexibility index (Phi) is 2.94. The summed E-state index contributed by atoms with van der Waals surface area (Å²) in [5, 5.41) is 3.15. The minimum atomic E-state index is -0.104. The number of nitrogens with two attached hydrogens (primary N) is 1. The Bertz CT molecular complexity index is 875. The van der Waals surface area contributed by atoms with Crippen molar-refractivity contribution in [3.63, 3.8) is 0 Å². The van der Waals surface area contributed by atoms with Gasteiger partial charge in [-0.25, -0.2) is 4.98 Å². The van der Waals surface area contributed by atoms with Crippen molar-refractivity contribution in [3.8, 4) is 0 Å². The topological polar surface area (TPSA) is 56.2 Å². The quantitative estimate of drug-likeness (QED) is 0.631. The lowest BCUT2D eigenvalue weighted by Crippen LogP contribution is -2.14. The molecule has 4 nitrogen and oxygen atoms in total. The molecule has 3 aromatic heterocycles. The fourth-order valence-electron chi connectivity index (χ4n) is 2.64. The molecule has 0 saturated carbocycles. The smallest absolute Gasteiger partial charge is 0.193 e. The molecule has 0 aliphatic heterocycles. The van der Waals surface area contributed by atoms with Crippen molar-refractivity contribution in [2.45, 2.75) is 12.5 Å². The molecule has 3 heterocycles. The number of para-hydroxylation sites is 1. The van der Waals surface area contributed by atoms with E-state index in [1.165, 1.54) is 0 Å². The van der Waals surface area contributed by atoms with Crippen LogP contribution in [0.5, 0.6) is 0 Å². The first-order valence-electron chi connectivity index (χ1n) is 6.81. The Morgan fingerprint density at radius 1 is 1.24 bits per heavy atom. The Morgan fingerprint density at radius 2 is 2.14 bits per heavy atom. The van der Waals surface area contributed by atoms with Gasteiger partial charge >= 0.3 is 0 Å². The Balaban J connectivity index is 1.69. The van der Waals surface area contributed by atoms with E-state index in [4.69, 9.17) is 5.73 Å². The van der Waals surface area contributed by atoms with Gasteiger partial charge in [0, 0.05) is 41.8 Å². The van der Waals surface area contributed by atoms with Gasteiger partial charge in [0.2, 0.25) is 0 Å². The van der Waals surface area contributed by atoms with Crippen LogP contribution in [0.2, 0.25) is 0 Å². The molecule has 1 atom stereocenters. The summed E-state index contributed by atoms with van der Waals surface area (Å²) in [5.41, 5.74) is 9.47. The maximum absolute atomic E-state index is 6.40. The zero-order chi connectivity index (χ0) is 14.2. The van der Waals surface area contributed by atoms with E-state index in [0.717, 1.165) is 27.1 Å². The summed E-state index contributed by atoms with van der Waals surface area (Å²) in [6.45, 7) is 0. The van der Waals surface area contributed by atoms with E-state index in [1.54, 1.807) is 11.3 Å². The van der Waals surface area contributed by atoms with E-state index in [1.807, 2.05) is 40.5 Å². The van der Waals surface area contributed by atoms with Gasteiger partial charge in [0.1, 0.15) is 0 Å². The lowest BCUT2D eigenvalue weighted by molar-refractivity contribution is 0.714. The van der Waals surface area contributed by atoms with Crippen LogP contribution < -0.4 is 5.73 Å². The lowest BCUT2D eigenvalue weighted by atomic mass is 10.00. The SMILES string of the molecule is NC(Cc1cn2ccsc2n1)c1cccc2cccnc12. The molecule has 0 radical (unpaired) electrons. The van der Waals surface area contributed by atoms with Crippen molar-refractivity contribution < 1.29 is 0 Å². The van der Waals surface area contributed by atoms with Gasteiger partial charge in [-0.2, -0.15) is 0 Å². The molecule has 0 bridgehead atoms. The summed E-state index contributed by atoms with van der Waals surface area (Å²) < 4.78 is 2.04. The van der Waals surface area contributed by atoms with Gasteiger partial charge in [0.25, 0.3) is 0 Å². The third-order valence-electron chi connectivity index (χ3n) is 3.64. The standard InChI is InChI=1S/C16H14N4S/c17-14(9-12-10-20-7-8-21-16(20)19-12)13-5-1-3-11-4-2-6-18-15(11)13/h1-8,10,14H,9,17H2. The number of imidazole rings is 1. The molecule has 0 fully saturated rings. The maximum Gasteiger partial charge on any atom is 0.193 e. The second kappa shape index (κ2) is 4.95. The highest BCUT2D eigenvalue weighted by Gasteiger charge is 2.13. The number of pyridine rings is 1. The summed E-state index contributed by atoms with van der Waals surface area (Å²) >= 11 is 1.63. The van der Waals surface area contributed by atoms with Crippen molar-refractivity contribution in [1.82, 2.24) is 14.4 Å². The molecule has 5 heteroatoms. The van der Waals surface area contributed by atoms with Crippen LogP contribution in [-0.4, -0.2) is 14.4 Å². The molecule has 0 aliphatic rings. The van der Waals surface area contributed by atoms with Crippen molar-refractivity contribution >= 4 is 27.2 Å². The second-order valence-electron chi connectivity index (χ2n) is 5.06. The van der Waals surface area contributed by atoms with E-state index in [2.05, 4.69) is 28.2 Å². The fraction of sp³-hybridized carbons (Fsp3) is 0.125. The molecule has 0 saturated heterocycles. The zero-order valence-electron chi connectivity index (χ0n) is 11.3. The first-order chi connectivity index (χ1) is 10.3. The van der Waals surface area contributed by atoms with E-state index in [0.29, 0.717) is 6.42 Å². The average Bonchev–Trinajstić information content (AvgIpc) is 3.07. The summed E-state index contributed by atoms with van der Waals surface area (Å²) in [7, 11) is 0. The second-order valence-corrected chi connectivity index (χ2v) is 5.93. The number of rotatable bonds is 3. The minimum absolute atomic E-state index is 0.104. The number of thiazole rings is 1. The van der Waals surface area contributed by atoms with E-state index < -0.39 is 0 Å². The molecule has 1 aromatic carbocycles. The van der Waals surface area contributed by atoms with Gasteiger partial charge < -0.3 is 5.73 Å². The van der Waals surface area contributed by atoms with Crippen LogP contribution in [-0.2, 0) is 6.42 Å². The van der Waals surface area contributed by atoms with Crippen molar-refractivity contribution in [1.29, 1.82) is 0 Å². The molecule has 104 valence electrons. The Hall–Kier alpha value is -2.24. The Morgan fingerprint density at radius 3 is 3.05 bits per heavy atom. The highest BCUT2D eigenvalue weighted by molar-refractivity contribution is 7.15. The first-order valence-corrected chi connectivity index (χ1v) is 7.69. The van der Waals surface area contributed by atoms with Crippen LogP contribution >= 0.6 is 11.3 Å². The van der Waals surface area contributed by atoms with Crippen LogP contribution in [0.3, 0.4) is 0 Å². The van der Waals surface area contributed by atoms with E-state index in [9.17, 15) is 0 Å². The molecule has 2 N–H and O–H groups in total. The number of hydrogen-bond acceptors (Lipinski definition) is 4. The van der Waals surface area contributed by atoms with Crippen LogP contribution in [0.1, 0.15) is 17.3 Å². The van der Waals surface area contributed by atoms with Gasteiger partial charge in [0.05, 0.1) is 11.2 Å². The van der Waals surface area contributed by atoms with Crippen LogP contribution in [0, 0.1) is 0 Å². The molecular weight excluding hydrogens is 280 g/mol. The van der Waals surface area contributed by atoms with Gasteiger partial charge in [-0.05, 0) is 11.6 Å². The summed E-state index contributed by atoms with van der Waals surface area (Å²) in [6, 6.07) is 10.1. The number of nitrogens with zero attached hydrogens (tertiary/aromatic N) is 3.